The minimum atomic E-state index is -3.05. The molecule has 3 aliphatic rings. The van der Waals surface area contributed by atoms with Gasteiger partial charge in [-0.15, -0.1) is 0 Å². The van der Waals surface area contributed by atoms with Crippen LogP contribution in [0.3, 0.4) is 0 Å². The average Bonchev–Trinajstić information content (AvgIpc) is 3.57. The summed E-state index contributed by atoms with van der Waals surface area (Å²) in [5.74, 6) is -0.383. The van der Waals surface area contributed by atoms with Gasteiger partial charge in [-0.25, -0.2) is 0 Å². The van der Waals surface area contributed by atoms with E-state index < -0.39 is 31.5 Å². The summed E-state index contributed by atoms with van der Waals surface area (Å²) >= 11 is 0. The molecule has 52 heavy (non-hydrogen) atoms. The molecule has 0 saturated carbocycles. The van der Waals surface area contributed by atoms with Gasteiger partial charge in [0.1, 0.15) is 5.75 Å². The summed E-state index contributed by atoms with van der Waals surface area (Å²) in [4.78, 5) is 58.2. The number of carbonyl (C=O) groups is 3. The zero-order valence-electron chi connectivity index (χ0n) is 29.9. The molecule has 0 aromatic heterocycles. The Morgan fingerprint density at radius 3 is 2.40 bits per heavy atom. The van der Waals surface area contributed by atoms with Gasteiger partial charge in [-0.1, -0.05) is 61.5 Å². The zero-order chi connectivity index (χ0) is 36.8. The first-order valence-electron chi connectivity index (χ1n) is 17.8. The third-order valence-corrected chi connectivity index (χ3v) is 13.6. The summed E-state index contributed by atoms with van der Waals surface area (Å²) in [6, 6.07) is 29.9. The van der Waals surface area contributed by atoms with E-state index in [1.54, 1.807) is 21.8 Å². The normalized spacial score (nSPS) is 23.8. The highest BCUT2D eigenvalue weighted by atomic mass is 28.4. The second kappa shape index (κ2) is 14.0. The Kier molecular flexibility index (Phi) is 9.55. The maximum Gasteiger partial charge on any atom is 0.264 e. The second-order valence-electron chi connectivity index (χ2n) is 14.7. The molecule has 4 aromatic carbocycles. The number of nitrogens with zero attached hydrogens (tertiary/aromatic N) is 3. The monoisotopic (exact) mass is 719 g/mol. The van der Waals surface area contributed by atoms with Gasteiger partial charge in [0.25, 0.3) is 5.91 Å². The van der Waals surface area contributed by atoms with E-state index in [2.05, 4.69) is 0 Å². The molecule has 0 radical (unpaired) electrons. The molecule has 3 aliphatic heterocycles. The van der Waals surface area contributed by atoms with Crippen LogP contribution in [-0.2, 0) is 44.2 Å². The molecular formula is C41H45N3O7Si. The lowest BCUT2D eigenvalue weighted by Crippen LogP contribution is -2.48. The van der Waals surface area contributed by atoms with E-state index in [9.17, 15) is 19.5 Å². The number of para-hydroxylation sites is 1. The van der Waals surface area contributed by atoms with Gasteiger partial charge in [0.15, 0.2) is 13.9 Å². The lowest BCUT2D eigenvalue weighted by Gasteiger charge is -2.37. The number of methoxy groups -OCH3 is 1. The highest BCUT2D eigenvalue weighted by molar-refractivity contribution is 6.71. The van der Waals surface area contributed by atoms with E-state index in [1.807, 2.05) is 117 Å². The molecule has 0 aliphatic carbocycles. The van der Waals surface area contributed by atoms with Gasteiger partial charge in [-0.2, -0.15) is 0 Å². The van der Waals surface area contributed by atoms with Crippen molar-refractivity contribution in [2.75, 3.05) is 23.5 Å². The predicted molar refractivity (Wildman–Crippen MR) is 201 cm³/mol. The molecule has 1 fully saturated rings. The number of hydrogen-bond acceptors (Lipinski definition) is 7. The fourth-order valence-corrected chi connectivity index (χ4v) is 11.3. The molecule has 0 unspecified atom stereocenters. The number of benzene rings is 4. The molecule has 2 N–H and O–H groups in total. The van der Waals surface area contributed by atoms with Gasteiger partial charge in [0, 0.05) is 34.9 Å². The van der Waals surface area contributed by atoms with Gasteiger partial charge < -0.3 is 29.2 Å². The Hall–Kier alpha value is -4.81. The zero-order valence-corrected chi connectivity index (χ0v) is 30.9. The molecule has 270 valence electrons. The fraction of sp³-hybridized carbons (Fsp3) is 0.341. The summed E-state index contributed by atoms with van der Waals surface area (Å²) in [6.45, 7) is 6.01. The molecule has 10 nitrogen and oxygen atoms in total. The molecule has 11 heteroatoms. The van der Waals surface area contributed by atoms with E-state index in [0.29, 0.717) is 35.7 Å². The SMILES string of the molecule is COc1ccc2c(c1)[C@@]1(O[C@H](CC(=O)N3Cc4ccccc4C[C@H]3CO)[C@@H]([Si](C)(C)O)[C@@H]1C)C(=O)N2Cc1cccc(N(C=O)c2ccccc2)c1. The van der Waals surface area contributed by atoms with Crippen LogP contribution in [0, 0.1) is 5.92 Å². The Morgan fingerprint density at radius 2 is 1.71 bits per heavy atom. The van der Waals surface area contributed by atoms with Crippen molar-refractivity contribution in [3.8, 4) is 5.75 Å². The number of fused-ring (bicyclic) bond motifs is 3. The molecular weight excluding hydrogens is 675 g/mol. The van der Waals surface area contributed by atoms with Crippen LogP contribution >= 0.6 is 0 Å². The molecule has 1 saturated heterocycles. The van der Waals surface area contributed by atoms with Crippen molar-refractivity contribution in [3.05, 3.63) is 119 Å². The molecule has 3 heterocycles. The lowest BCUT2D eigenvalue weighted by atomic mass is 9.82. The van der Waals surface area contributed by atoms with E-state index in [1.165, 1.54) is 0 Å². The average molecular weight is 720 g/mol. The molecule has 5 atom stereocenters. The van der Waals surface area contributed by atoms with Crippen molar-refractivity contribution in [1.82, 2.24) is 4.90 Å². The van der Waals surface area contributed by atoms with E-state index in [0.717, 1.165) is 28.8 Å². The first-order chi connectivity index (χ1) is 25.0. The van der Waals surface area contributed by atoms with Crippen molar-refractivity contribution in [2.24, 2.45) is 5.92 Å². The van der Waals surface area contributed by atoms with Crippen LogP contribution in [0.2, 0.25) is 18.6 Å². The summed E-state index contributed by atoms with van der Waals surface area (Å²) in [5, 5.41) is 10.3. The number of anilines is 3. The quantitative estimate of drug-likeness (QED) is 0.160. The number of carbonyl (C=O) groups excluding carboxylic acids is 3. The van der Waals surface area contributed by atoms with E-state index >= 15 is 4.79 Å². The van der Waals surface area contributed by atoms with Crippen LogP contribution in [0.5, 0.6) is 5.75 Å². The molecule has 7 rings (SSSR count). The number of aliphatic hydroxyl groups excluding tert-OH is 1. The third kappa shape index (κ3) is 6.11. The summed E-state index contributed by atoms with van der Waals surface area (Å²) in [6.07, 6.45) is 0.533. The van der Waals surface area contributed by atoms with Gasteiger partial charge in [0.05, 0.1) is 44.5 Å². The van der Waals surface area contributed by atoms with Crippen LogP contribution < -0.4 is 14.5 Å². The molecule has 0 bridgehead atoms. The summed E-state index contributed by atoms with van der Waals surface area (Å²) in [7, 11) is -1.48. The highest BCUT2D eigenvalue weighted by Gasteiger charge is 2.66. The van der Waals surface area contributed by atoms with Crippen molar-refractivity contribution in [2.45, 2.75) is 69.2 Å². The number of rotatable bonds is 10. The van der Waals surface area contributed by atoms with Crippen LogP contribution in [-0.4, -0.2) is 67.2 Å². The van der Waals surface area contributed by atoms with Crippen LogP contribution in [0.15, 0.2) is 97.1 Å². The smallest absolute Gasteiger partial charge is 0.264 e. The molecule has 3 amide bonds. The van der Waals surface area contributed by atoms with E-state index in [4.69, 9.17) is 9.47 Å². The summed E-state index contributed by atoms with van der Waals surface area (Å²) < 4.78 is 12.6. The Morgan fingerprint density at radius 1 is 1.00 bits per heavy atom. The second-order valence-corrected chi connectivity index (χ2v) is 18.6. The Balaban J connectivity index is 1.23. The third-order valence-electron chi connectivity index (χ3n) is 11.1. The first-order valence-corrected chi connectivity index (χ1v) is 20.8. The minimum Gasteiger partial charge on any atom is -0.497 e. The lowest BCUT2D eigenvalue weighted by molar-refractivity contribution is -0.151. The van der Waals surface area contributed by atoms with E-state index in [-0.39, 0.29) is 37.4 Å². The van der Waals surface area contributed by atoms with Crippen LogP contribution in [0.1, 0.15) is 35.6 Å². The first kappa shape index (κ1) is 35.6. The minimum absolute atomic E-state index is 0.0396. The topological polar surface area (TPSA) is 120 Å². The van der Waals surface area contributed by atoms with Gasteiger partial charge >= 0.3 is 0 Å². The summed E-state index contributed by atoms with van der Waals surface area (Å²) in [5.41, 5.74) is 3.70. The maximum absolute atomic E-state index is 15.0. The molecule has 4 aromatic rings. The number of amides is 3. The maximum atomic E-state index is 15.0. The number of ether oxygens (including phenoxy) is 2. The van der Waals surface area contributed by atoms with Gasteiger partial charge in [-0.3, -0.25) is 19.3 Å². The van der Waals surface area contributed by atoms with Crippen LogP contribution in [0.25, 0.3) is 0 Å². The Labute approximate surface area is 305 Å². The number of aliphatic hydroxyl groups is 1. The van der Waals surface area contributed by atoms with Crippen molar-refractivity contribution < 1.29 is 33.8 Å². The van der Waals surface area contributed by atoms with Gasteiger partial charge in [-0.05, 0) is 78.7 Å². The number of hydrogen-bond donors (Lipinski definition) is 2. The van der Waals surface area contributed by atoms with Crippen molar-refractivity contribution in [3.63, 3.8) is 0 Å². The Bertz CT molecular complexity index is 1980. The predicted octanol–water partition coefficient (Wildman–Crippen LogP) is 5.67. The van der Waals surface area contributed by atoms with Gasteiger partial charge in [0.2, 0.25) is 12.3 Å². The standard InChI is InChI=1S/C41H45N3O7Si/c1-27-39(52(3,4)49)37(22-38(47)42-24-30-13-9-8-12-29(30)20-33(42)25-45)51-41(27)35-21-34(50-2)17-18-36(35)43(40(41)48)23-28-11-10-16-32(19-28)44(26-46)31-14-6-5-7-15-31/h5-19,21,26-27,33,37,39,45,49H,20,22-25H2,1-4H3/t27-,33-,37+,39-,41+/m0/s1. The largest absolute Gasteiger partial charge is 0.497 e. The van der Waals surface area contributed by atoms with Crippen LogP contribution in [0.4, 0.5) is 17.1 Å². The highest BCUT2D eigenvalue weighted by Crippen LogP contribution is 2.60. The van der Waals surface area contributed by atoms with Crippen molar-refractivity contribution in [1.29, 1.82) is 0 Å². The van der Waals surface area contributed by atoms with Crippen molar-refractivity contribution >= 4 is 43.6 Å². The fourth-order valence-electron chi connectivity index (χ4n) is 8.72. The molecule has 1 spiro atoms.